The molecule has 0 aliphatic carbocycles. The zero-order chi connectivity index (χ0) is 16.4. The molecule has 0 aromatic carbocycles. The fraction of sp³-hybridized carbons (Fsp3) is 0.467. The van der Waals surface area contributed by atoms with Crippen LogP contribution >= 0.6 is 0 Å². The summed E-state index contributed by atoms with van der Waals surface area (Å²) in [7, 11) is 0. The Morgan fingerprint density at radius 3 is 2.68 bits per heavy atom. The van der Waals surface area contributed by atoms with Gasteiger partial charge >= 0.3 is 5.97 Å². The number of carbonyl (C=O) groups is 1. The smallest absolute Gasteiger partial charge is 0.341 e. The van der Waals surface area contributed by atoms with Crippen molar-refractivity contribution in [2.75, 3.05) is 0 Å². The van der Waals surface area contributed by atoms with Crippen LogP contribution in [-0.2, 0) is 6.42 Å². The minimum absolute atomic E-state index is 0.240. The molecular formula is C15H19N3O4. The largest absolute Gasteiger partial charge is 0.477 e. The summed E-state index contributed by atoms with van der Waals surface area (Å²) in [5.41, 5.74) is -0.396. The molecular weight excluding hydrogens is 286 g/mol. The molecule has 0 amide bonds. The van der Waals surface area contributed by atoms with Crippen LogP contribution in [0.5, 0.6) is 0 Å². The van der Waals surface area contributed by atoms with Crippen molar-refractivity contribution >= 4 is 5.97 Å². The van der Waals surface area contributed by atoms with Crippen LogP contribution in [0.15, 0.2) is 21.6 Å². The number of rotatable bonds is 5. The maximum Gasteiger partial charge on any atom is 0.341 e. The molecule has 1 N–H and O–H groups in total. The molecule has 118 valence electrons. The van der Waals surface area contributed by atoms with Crippen LogP contribution in [0.25, 0.3) is 0 Å². The van der Waals surface area contributed by atoms with E-state index in [2.05, 4.69) is 10.1 Å². The lowest BCUT2D eigenvalue weighted by molar-refractivity contribution is 0.0693. The molecule has 0 radical (unpaired) electrons. The summed E-state index contributed by atoms with van der Waals surface area (Å²) >= 11 is 0. The topological polar surface area (TPSA) is 98.2 Å². The molecule has 1 atom stereocenters. The molecule has 0 bridgehead atoms. The molecule has 0 aliphatic rings. The third-order valence-corrected chi connectivity index (χ3v) is 3.39. The highest BCUT2D eigenvalue weighted by molar-refractivity contribution is 5.88. The molecule has 0 fully saturated rings. The van der Waals surface area contributed by atoms with Crippen molar-refractivity contribution in [1.82, 2.24) is 14.7 Å². The first kappa shape index (κ1) is 15.9. The molecule has 7 heteroatoms. The highest BCUT2D eigenvalue weighted by Gasteiger charge is 2.21. The van der Waals surface area contributed by atoms with E-state index < -0.39 is 17.6 Å². The van der Waals surface area contributed by atoms with Crippen molar-refractivity contribution in [3.8, 4) is 0 Å². The maximum absolute atomic E-state index is 12.3. The van der Waals surface area contributed by atoms with Gasteiger partial charge < -0.3 is 14.2 Å². The second-order valence-corrected chi connectivity index (χ2v) is 5.71. The van der Waals surface area contributed by atoms with E-state index in [0.717, 1.165) is 0 Å². The predicted octanol–water partition coefficient (Wildman–Crippen LogP) is 2.05. The third-order valence-electron chi connectivity index (χ3n) is 3.39. The summed E-state index contributed by atoms with van der Waals surface area (Å²) in [6.07, 6.45) is 2.22. The van der Waals surface area contributed by atoms with Gasteiger partial charge in [-0.05, 0) is 31.4 Å². The SMILES string of the molecule is Cc1ccn(C(C)c2nc(CC(C)C)no2)c(=O)c1C(=O)O. The first-order chi connectivity index (χ1) is 10.3. The second-order valence-electron chi connectivity index (χ2n) is 5.71. The van der Waals surface area contributed by atoms with Crippen LogP contribution in [0, 0.1) is 12.8 Å². The zero-order valence-electron chi connectivity index (χ0n) is 13.0. The summed E-state index contributed by atoms with van der Waals surface area (Å²) in [6, 6.07) is 1.06. The Balaban J connectivity index is 2.40. The Morgan fingerprint density at radius 1 is 1.41 bits per heavy atom. The molecule has 22 heavy (non-hydrogen) atoms. The van der Waals surface area contributed by atoms with Crippen molar-refractivity contribution in [2.45, 2.75) is 40.2 Å². The van der Waals surface area contributed by atoms with Gasteiger partial charge in [-0.15, -0.1) is 0 Å². The Hall–Kier alpha value is -2.44. The fourth-order valence-corrected chi connectivity index (χ4v) is 2.21. The van der Waals surface area contributed by atoms with Gasteiger partial charge in [0.05, 0.1) is 0 Å². The van der Waals surface area contributed by atoms with Crippen LogP contribution in [0.1, 0.15) is 54.4 Å². The van der Waals surface area contributed by atoms with Crippen molar-refractivity contribution < 1.29 is 14.4 Å². The highest BCUT2D eigenvalue weighted by Crippen LogP contribution is 2.16. The quantitative estimate of drug-likeness (QED) is 0.907. The minimum atomic E-state index is -1.24. The fourth-order valence-electron chi connectivity index (χ4n) is 2.21. The van der Waals surface area contributed by atoms with Crippen molar-refractivity contribution in [2.24, 2.45) is 5.92 Å². The first-order valence-electron chi connectivity index (χ1n) is 7.08. The lowest BCUT2D eigenvalue weighted by Crippen LogP contribution is -2.29. The van der Waals surface area contributed by atoms with Crippen molar-refractivity contribution in [3.63, 3.8) is 0 Å². The second kappa shape index (κ2) is 6.13. The Labute approximate surface area is 127 Å². The Kier molecular flexibility index (Phi) is 4.44. The lowest BCUT2D eigenvalue weighted by atomic mass is 10.1. The van der Waals surface area contributed by atoms with E-state index in [9.17, 15) is 9.59 Å². The van der Waals surface area contributed by atoms with Gasteiger partial charge in [-0.1, -0.05) is 19.0 Å². The number of aromatic nitrogens is 3. The van der Waals surface area contributed by atoms with Gasteiger partial charge in [0.15, 0.2) is 5.82 Å². The normalized spacial score (nSPS) is 12.6. The van der Waals surface area contributed by atoms with Crippen LogP contribution in [0.2, 0.25) is 0 Å². The Bertz CT molecular complexity index is 745. The van der Waals surface area contributed by atoms with Gasteiger partial charge in [0.25, 0.3) is 5.56 Å². The van der Waals surface area contributed by atoms with E-state index in [-0.39, 0.29) is 11.5 Å². The number of carboxylic acids is 1. The number of nitrogens with zero attached hydrogens (tertiary/aromatic N) is 3. The summed E-state index contributed by atoms with van der Waals surface area (Å²) < 4.78 is 6.49. The number of hydrogen-bond acceptors (Lipinski definition) is 5. The molecule has 0 saturated heterocycles. The van der Waals surface area contributed by atoms with E-state index >= 15 is 0 Å². The van der Waals surface area contributed by atoms with E-state index in [0.29, 0.717) is 23.7 Å². The molecule has 2 heterocycles. The summed E-state index contributed by atoms with van der Waals surface area (Å²) in [5.74, 6) is 0.0185. The highest BCUT2D eigenvalue weighted by atomic mass is 16.5. The standard InChI is InChI=1S/C15H19N3O4/c1-8(2)7-11-16-13(22-17-11)10(4)18-6-5-9(3)12(14(18)19)15(20)21/h5-6,8,10H,7H2,1-4H3,(H,20,21). The molecule has 2 aromatic heterocycles. The number of aryl methyl sites for hydroxylation is 1. The van der Waals surface area contributed by atoms with Gasteiger partial charge in [-0.25, -0.2) is 4.79 Å². The predicted molar refractivity (Wildman–Crippen MR) is 79.1 cm³/mol. The van der Waals surface area contributed by atoms with Gasteiger partial charge in [0.1, 0.15) is 11.6 Å². The number of aromatic carboxylic acids is 1. The van der Waals surface area contributed by atoms with Crippen molar-refractivity contribution in [1.29, 1.82) is 0 Å². The molecule has 2 aromatic rings. The average molecular weight is 305 g/mol. The summed E-state index contributed by atoms with van der Waals surface area (Å²) in [6.45, 7) is 7.40. The molecule has 2 rings (SSSR count). The molecule has 0 saturated carbocycles. The van der Waals surface area contributed by atoms with Gasteiger partial charge in [0, 0.05) is 12.6 Å². The van der Waals surface area contributed by atoms with Crippen LogP contribution in [0.3, 0.4) is 0 Å². The van der Waals surface area contributed by atoms with Crippen LogP contribution in [-0.4, -0.2) is 25.8 Å². The summed E-state index contributed by atoms with van der Waals surface area (Å²) in [4.78, 5) is 27.8. The number of pyridine rings is 1. The van der Waals surface area contributed by atoms with Crippen LogP contribution < -0.4 is 5.56 Å². The first-order valence-corrected chi connectivity index (χ1v) is 7.08. The number of carboxylic acid groups (broad SMARTS) is 1. The van der Waals surface area contributed by atoms with Crippen molar-refractivity contribution in [3.05, 3.63) is 45.5 Å². The van der Waals surface area contributed by atoms with Gasteiger partial charge in [0.2, 0.25) is 5.89 Å². The maximum atomic E-state index is 12.3. The third kappa shape index (κ3) is 3.08. The molecule has 0 spiro atoms. The van der Waals surface area contributed by atoms with E-state index in [1.807, 2.05) is 13.8 Å². The summed E-state index contributed by atoms with van der Waals surface area (Å²) in [5, 5.41) is 13.1. The van der Waals surface area contributed by atoms with Gasteiger partial charge in [-0.2, -0.15) is 4.98 Å². The lowest BCUT2D eigenvalue weighted by Gasteiger charge is -2.12. The molecule has 1 unspecified atom stereocenters. The van der Waals surface area contributed by atoms with Gasteiger partial charge in [-0.3, -0.25) is 4.79 Å². The zero-order valence-corrected chi connectivity index (χ0v) is 13.0. The molecule has 7 nitrogen and oxygen atoms in total. The van der Waals surface area contributed by atoms with E-state index in [1.165, 1.54) is 4.57 Å². The van der Waals surface area contributed by atoms with E-state index in [4.69, 9.17) is 9.63 Å². The molecule has 0 aliphatic heterocycles. The van der Waals surface area contributed by atoms with E-state index in [1.54, 1.807) is 26.1 Å². The number of hydrogen-bond donors (Lipinski definition) is 1. The minimum Gasteiger partial charge on any atom is -0.477 e. The average Bonchev–Trinajstić information content (AvgIpc) is 2.85. The Morgan fingerprint density at radius 2 is 2.09 bits per heavy atom. The van der Waals surface area contributed by atoms with Crippen LogP contribution in [0.4, 0.5) is 0 Å². The monoisotopic (exact) mass is 305 g/mol.